The van der Waals surface area contributed by atoms with Crippen molar-refractivity contribution < 1.29 is 42.9 Å². The third-order valence-electron chi connectivity index (χ3n) is 8.68. The number of nitrogens with zero attached hydrogens (tertiary/aromatic N) is 1. The lowest BCUT2D eigenvalue weighted by Crippen LogP contribution is -2.40. The molecule has 0 spiro atoms. The highest BCUT2D eigenvalue weighted by Gasteiger charge is 2.25. The van der Waals surface area contributed by atoms with E-state index < -0.39 is 24.3 Å². The lowest BCUT2D eigenvalue weighted by molar-refractivity contribution is -0.870. The largest absolute Gasteiger partial charge is 0.477 e. The van der Waals surface area contributed by atoms with Crippen LogP contribution in [0, 0.1) is 0 Å². The number of carboxylic acid groups (broad SMARTS) is 1. The number of carbonyl (C=O) groups excluding carboxylic acids is 2. The number of rotatable bonds is 37. The summed E-state index contributed by atoms with van der Waals surface area (Å²) in [4.78, 5) is 36.9. The Labute approximate surface area is 312 Å². The predicted octanol–water partition coefficient (Wildman–Crippen LogP) is 10.1. The smallest absolute Gasteiger partial charge is 0.361 e. The van der Waals surface area contributed by atoms with Gasteiger partial charge in [0.2, 0.25) is 0 Å². The molecule has 9 nitrogen and oxygen atoms in total. The number of carboxylic acids is 1. The lowest BCUT2D eigenvalue weighted by atomic mass is 10.1. The Morgan fingerprint density at radius 1 is 0.569 bits per heavy atom. The van der Waals surface area contributed by atoms with E-state index in [4.69, 9.17) is 18.9 Å². The van der Waals surface area contributed by atoms with Gasteiger partial charge in [-0.2, -0.15) is 0 Å². The van der Waals surface area contributed by atoms with Gasteiger partial charge < -0.3 is 28.5 Å². The number of ether oxygens (including phenoxy) is 4. The first-order chi connectivity index (χ1) is 24.6. The molecule has 0 aromatic carbocycles. The quantitative estimate of drug-likeness (QED) is 0.0222. The molecule has 2 atom stereocenters. The number of hydrogen-bond donors (Lipinski definition) is 1. The molecule has 0 aliphatic heterocycles. The summed E-state index contributed by atoms with van der Waals surface area (Å²) in [5.41, 5.74) is 0. The van der Waals surface area contributed by atoms with Crippen molar-refractivity contribution in [3.63, 3.8) is 0 Å². The third-order valence-corrected chi connectivity index (χ3v) is 8.68. The molecule has 0 rings (SSSR count). The highest BCUT2D eigenvalue weighted by molar-refractivity contribution is 5.71. The van der Waals surface area contributed by atoms with Crippen LogP contribution in [0.4, 0.5) is 0 Å². The molecule has 0 aliphatic carbocycles. The van der Waals surface area contributed by atoms with Gasteiger partial charge in [0.15, 0.2) is 6.10 Å². The Hall–Kier alpha value is -2.23. The molecule has 0 bridgehead atoms. The Morgan fingerprint density at radius 2 is 1.00 bits per heavy atom. The topological polar surface area (TPSA) is 108 Å². The molecular weight excluding hydrogens is 646 g/mol. The summed E-state index contributed by atoms with van der Waals surface area (Å²) in [5.74, 6) is -2.03. The van der Waals surface area contributed by atoms with Crippen molar-refractivity contribution in [2.45, 2.75) is 180 Å². The molecule has 0 heterocycles. The zero-order valence-corrected chi connectivity index (χ0v) is 33.5. The fraction of sp³-hybridized carbons (Fsp3) is 0.833. The van der Waals surface area contributed by atoms with Gasteiger partial charge in [0, 0.05) is 12.8 Å². The summed E-state index contributed by atoms with van der Waals surface area (Å²) in [5, 5.41) is 9.60. The fourth-order valence-electron chi connectivity index (χ4n) is 5.41. The first-order valence-electron chi connectivity index (χ1n) is 20.5. The maximum absolute atomic E-state index is 12.7. The summed E-state index contributed by atoms with van der Waals surface area (Å²) < 4.78 is 22.6. The molecule has 0 aliphatic rings. The number of allylic oxidation sites excluding steroid dienone is 4. The molecule has 9 heteroatoms. The number of carbonyl (C=O) groups is 3. The van der Waals surface area contributed by atoms with Crippen LogP contribution in [0.5, 0.6) is 0 Å². The van der Waals surface area contributed by atoms with Gasteiger partial charge in [-0.1, -0.05) is 115 Å². The summed E-state index contributed by atoms with van der Waals surface area (Å²) in [7, 11) is 5.94. The SMILES string of the molecule is CCCCC/C=C\CCCCCCCC(=O)OCC(COC(OCC[N+](C)(C)C)C(=O)O)OC(=O)CCCCCCC/C=C\CCCCCCC. The fourth-order valence-corrected chi connectivity index (χ4v) is 5.41. The second kappa shape index (κ2) is 34.8. The molecule has 298 valence electrons. The van der Waals surface area contributed by atoms with Gasteiger partial charge in [0.1, 0.15) is 13.2 Å². The number of hydrogen-bond acceptors (Lipinski definition) is 7. The Kier molecular flexibility index (Phi) is 33.3. The molecule has 0 radical (unpaired) electrons. The Morgan fingerprint density at radius 3 is 1.49 bits per heavy atom. The standard InChI is InChI=1S/C42H77NO8/c1-6-8-10-12-14-16-18-20-21-23-25-27-29-31-33-40(45)51-38(37-50-42(41(46)47)48-35-34-43(3,4)5)36-49-39(44)32-30-28-26-24-22-19-17-15-13-11-9-7-2/h15,17-18,20,38,42H,6-14,16,19,21-37H2,1-5H3/p+1/b17-15-,20-18-. The highest BCUT2D eigenvalue weighted by atomic mass is 16.7. The summed E-state index contributed by atoms with van der Waals surface area (Å²) in [6.45, 7) is 4.80. The molecular formula is C42H78NO8+. The van der Waals surface area contributed by atoms with Gasteiger partial charge in [-0.3, -0.25) is 9.59 Å². The third kappa shape index (κ3) is 35.9. The van der Waals surface area contributed by atoms with Crippen LogP contribution in [0.25, 0.3) is 0 Å². The maximum Gasteiger partial charge on any atom is 0.361 e. The van der Waals surface area contributed by atoms with Crippen LogP contribution in [0.1, 0.15) is 168 Å². The zero-order chi connectivity index (χ0) is 37.8. The minimum atomic E-state index is -1.51. The van der Waals surface area contributed by atoms with Crippen molar-refractivity contribution >= 4 is 17.9 Å². The minimum Gasteiger partial charge on any atom is -0.477 e. The first-order valence-corrected chi connectivity index (χ1v) is 20.5. The van der Waals surface area contributed by atoms with Gasteiger partial charge in [-0.15, -0.1) is 0 Å². The first kappa shape index (κ1) is 48.8. The lowest BCUT2D eigenvalue weighted by Gasteiger charge is -2.25. The van der Waals surface area contributed by atoms with E-state index in [1.807, 2.05) is 21.1 Å². The van der Waals surface area contributed by atoms with Crippen LogP contribution in [-0.2, 0) is 33.3 Å². The van der Waals surface area contributed by atoms with Crippen molar-refractivity contribution in [1.82, 2.24) is 0 Å². The molecule has 0 fully saturated rings. The molecule has 0 aromatic heterocycles. The van der Waals surface area contributed by atoms with E-state index in [2.05, 4.69) is 38.2 Å². The van der Waals surface area contributed by atoms with Crippen molar-refractivity contribution in [2.24, 2.45) is 0 Å². The monoisotopic (exact) mass is 725 g/mol. The van der Waals surface area contributed by atoms with Gasteiger partial charge in [0.05, 0.1) is 34.4 Å². The number of quaternary nitrogens is 1. The van der Waals surface area contributed by atoms with Crippen molar-refractivity contribution in [3.05, 3.63) is 24.3 Å². The van der Waals surface area contributed by atoms with E-state index in [-0.39, 0.29) is 32.2 Å². The molecule has 0 aromatic rings. The molecule has 1 N–H and O–H groups in total. The normalized spacial score (nSPS) is 13.2. The highest BCUT2D eigenvalue weighted by Crippen LogP contribution is 2.13. The van der Waals surface area contributed by atoms with Gasteiger partial charge >= 0.3 is 17.9 Å². The van der Waals surface area contributed by atoms with Crippen molar-refractivity contribution in [2.75, 3.05) is 47.5 Å². The molecule has 0 saturated heterocycles. The summed E-state index contributed by atoms with van der Waals surface area (Å²) in [6, 6.07) is 0. The second-order valence-electron chi connectivity index (χ2n) is 14.9. The number of aliphatic carboxylic acids is 1. The van der Waals surface area contributed by atoms with Crippen molar-refractivity contribution in [3.8, 4) is 0 Å². The van der Waals surface area contributed by atoms with E-state index in [1.54, 1.807) is 0 Å². The summed E-state index contributed by atoms with van der Waals surface area (Å²) >= 11 is 0. The minimum absolute atomic E-state index is 0.186. The van der Waals surface area contributed by atoms with E-state index in [1.165, 1.54) is 64.2 Å². The van der Waals surface area contributed by atoms with E-state index in [0.717, 1.165) is 70.6 Å². The van der Waals surface area contributed by atoms with Crippen LogP contribution >= 0.6 is 0 Å². The average molecular weight is 725 g/mol. The van der Waals surface area contributed by atoms with Gasteiger partial charge in [-0.05, 0) is 64.2 Å². The van der Waals surface area contributed by atoms with E-state index >= 15 is 0 Å². The van der Waals surface area contributed by atoms with Crippen LogP contribution in [0.2, 0.25) is 0 Å². The van der Waals surface area contributed by atoms with Crippen LogP contribution in [-0.4, -0.2) is 87.4 Å². The molecule has 51 heavy (non-hydrogen) atoms. The van der Waals surface area contributed by atoms with Crippen LogP contribution < -0.4 is 0 Å². The molecule has 2 unspecified atom stereocenters. The van der Waals surface area contributed by atoms with Crippen LogP contribution in [0.3, 0.4) is 0 Å². The number of unbranched alkanes of at least 4 members (excludes halogenated alkanes) is 18. The van der Waals surface area contributed by atoms with Crippen molar-refractivity contribution in [1.29, 1.82) is 0 Å². The maximum atomic E-state index is 12.7. The molecule has 0 saturated carbocycles. The van der Waals surface area contributed by atoms with E-state index in [0.29, 0.717) is 23.9 Å². The van der Waals surface area contributed by atoms with E-state index in [9.17, 15) is 19.5 Å². The average Bonchev–Trinajstić information content (AvgIpc) is 3.08. The number of esters is 2. The van der Waals surface area contributed by atoms with Crippen LogP contribution in [0.15, 0.2) is 24.3 Å². The number of likely N-dealkylation sites (N-methyl/N-ethyl adjacent to an activating group) is 1. The second-order valence-corrected chi connectivity index (χ2v) is 14.9. The predicted molar refractivity (Wildman–Crippen MR) is 208 cm³/mol. The zero-order valence-electron chi connectivity index (χ0n) is 33.5. The molecule has 0 amide bonds. The Bertz CT molecular complexity index is 898. The van der Waals surface area contributed by atoms with Gasteiger partial charge in [-0.25, -0.2) is 4.79 Å². The Balaban J connectivity index is 4.53. The summed E-state index contributed by atoms with van der Waals surface area (Å²) in [6.07, 6.45) is 32.3. The van der Waals surface area contributed by atoms with Gasteiger partial charge in [0.25, 0.3) is 6.29 Å².